The molecule has 2 N–H and O–H groups in total. The Bertz CT molecular complexity index is 466. The highest BCUT2D eigenvalue weighted by atomic mass is 16.5. The zero-order chi connectivity index (χ0) is 15.2. The normalized spacial score (nSPS) is 19.5. The number of ether oxygens (including phenoxy) is 1. The summed E-state index contributed by atoms with van der Waals surface area (Å²) in [4.78, 5) is 11.7. The van der Waals surface area contributed by atoms with E-state index in [0.29, 0.717) is 24.9 Å². The zero-order valence-electron chi connectivity index (χ0n) is 13.2. The zero-order valence-corrected chi connectivity index (χ0v) is 13.2. The second kappa shape index (κ2) is 7.45. The van der Waals surface area contributed by atoms with Crippen molar-refractivity contribution in [3.05, 3.63) is 17.5 Å². The van der Waals surface area contributed by atoms with Gasteiger partial charge in [0.2, 0.25) is 0 Å². The van der Waals surface area contributed by atoms with E-state index in [1.807, 2.05) is 11.6 Å². The highest BCUT2D eigenvalue weighted by molar-refractivity contribution is 5.73. The van der Waals surface area contributed by atoms with E-state index < -0.39 is 0 Å². The maximum absolute atomic E-state index is 11.7. The van der Waals surface area contributed by atoms with Crippen molar-refractivity contribution in [2.45, 2.75) is 33.7 Å². The number of hydrogen-bond donors (Lipinski definition) is 2. The lowest BCUT2D eigenvalue weighted by molar-refractivity contribution is 0.185. The molecule has 2 rings (SSSR count). The number of urea groups is 1. The number of rotatable bonds is 6. The van der Waals surface area contributed by atoms with Crippen LogP contribution in [0.25, 0.3) is 0 Å². The van der Waals surface area contributed by atoms with Crippen molar-refractivity contribution in [1.82, 2.24) is 20.4 Å². The number of aromatic nitrogens is 2. The molecular formula is C15H26N4O2. The number of amides is 2. The van der Waals surface area contributed by atoms with Crippen molar-refractivity contribution >= 4 is 6.03 Å². The van der Waals surface area contributed by atoms with Crippen LogP contribution < -0.4 is 10.6 Å². The molecule has 1 aromatic rings. The second-order valence-electron chi connectivity index (χ2n) is 6.03. The number of carbonyl (C=O) groups excluding carboxylic acids is 1. The van der Waals surface area contributed by atoms with Crippen molar-refractivity contribution in [3.8, 4) is 0 Å². The van der Waals surface area contributed by atoms with Gasteiger partial charge in [0, 0.05) is 37.9 Å². The third kappa shape index (κ3) is 5.04. The van der Waals surface area contributed by atoms with Crippen molar-refractivity contribution in [2.75, 3.05) is 26.3 Å². The standard InChI is InChI=1S/C15H26N4O2/c1-11(9-19-13(3)6-12(2)18-19)7-16-15(20)17-8-14-4-5-21-10-14/h6,11,14H,4-5,7-10H2,1-3H3,(H2,16,17,20)/t11-,14+/m1/s1. The van der Waals surface area contributed by atoms with Gasteiger partial charge in [-0.2, -0.15) is 5.10 Å². The molecule has 1 saturated heterocycles. The first kappa shape index (κ1) is 15.8. The van der Waals surface area contributed by atoms with E-state index in [1.54, 1.807) is 0 Å². The number of nitrogens with one attached hydrogen (secondary N) is 2. The molecule has 6 nitrogen and oxygen atoms in total. The molecule has 1 fully saturated rings. The van der Waals surface area contributed by atoms with Crippen LogP contribution in [0.2, 0.25) is 0 Å². The number of nitrogens with zero attached hydrogens (tertiary/aromatic N) is 2. The molecule has 1 aliphatic rings. The average molecular weight is 294 g/mol. The van der Waals surface area contributed by atoms with E-state index in [9.17, 15) is 4.79 Å². The Morgan fingerprint density at radius 2 is 2.33 bits per heavy atom. The van der Waals surface area contributed by atoms with E-state index in [-0.39, 0.29) is 6.03 Å². The van der Waals surface area contributed by atoms with E-state index in [2.05, 4.69) is 35.6 Å². The molecule has 0 spiro atoms. The summed E-state index contributed by atoms with van der Waals surface area (Å²) in [5.41, 5.74) is 2.19. The average Bonchev–Trinajstić information content (AvgIpc) is 3.04. The van der Waals surface area contributed by atoms with Gasteiger partial charge in [0.05, 0.1) is 12.3 Å². The Kier molecular flexibility index (Phi) is 5.61. The molecule has 0 radical (unpaired) electrons. The third-order valence-corrected chi connectivity index (χ3v) is 3.77. The third-order valence-electron chi connectivity index (χ3n) is 3.77. The fraction of sp³-hybridized carbons (Fsp3) is 0.733. The largest absolute Gasteiger partial charge is 0.381 e. The lowest BCUT2D eigenvalue weighted by Gasteiger charge is -2.15. The molecule has 1 aromatic heterocycles. The van der Waals surface area contributed by atoms with E-state index in [0.717, 1.165) is 37.6 Å². The maximum atomic E-state index is 11.7. The monoisotopic (exact) mass is 294 g/mol. The Morgan fingerprint density at radius 3 is 2.95 bits per heavy atom. The minimum absolute atomic E-state index is 0.0953. The van der Waals surface area contributed by atoms with E-state index in [1.165, 1.54) is 0 Å². The van der Waals surface area contributed by atoms with Crippen molar-refractivity contribution in [1.29, 1.82) is 0 Å². The van der Waals surface area contributed by atoms with E-state index in [4.69, 9.17) is 4.74 Å². The van der Waals surface area contributed by atoms with Crippen LogP contribution in [-0.2, 0) is 11.3 Å². The smallest absolute Gasteiger partial charge is 0.314 e. The molecule has 118 valence electrons. The van der Waals surface area contributed by atoms with Gasteiger partial charge in [-0.05, 0) is 32.3 Å². The predicted octanol–water partition coefficient (Wildman–Crippen LogP) is 1.47. The van der Waals surface area contributed by atoms with Gasteiger partial charge in [-0.25, -0.2) is 4.79 Å². The van der Waals surface area contributed by atoms with Crippen LogP contribution in [0.5, 0.6) is 0 Å². The first-order valence-electron chi connectivity index (χ1n) is 7.65. The summed E-state index contributed by atoms with van der Waals surface area (Å²) in [5, 5.41) is 10.3. The van der Waals surface area contributed by atoms with Gasteiger partial charge in [-0.1, -0.05) is 6.92 Å². The van der Waals surface area contributed by atoms with E-state index >= 15 is 0 Å². The van der Waals surface area contributed by atoms with Gasteiger partial charge in [-0.3, -0.25) is 4.68 Å². The SMILES string of the molecule is Cc1cc(C)n(C[C@H](C)CNC(=O)NC[C@@H]2CCOC2)n1. The second-order valence-corrected chi connectivity index (χ2v) is 6.03. The molecule has 0 saturated carbocycles. The number of aryl methyl sites for hydroxylation is 2. The molecule has 21 heavy (non-hydrogen) atoms. The first-order chi connectivity index (χ1) is 10.0. The fourth-order valence-corrected chi connectivity index (χ4v) is 2.53. The fourth-order valence-electron chi connectivity index (χ4n) is 2.53. The minimum atomic E-state index is -0.0953. The topological polar surface area (TPSA) is 68.2 Å². The van der Waals surface area contributed by atoms with Crippen LogP contribution in [0.15, 0.2) is 6.07 Å². The van der Waals surface area contributed by atoms with Crippen LogP contribution in [0, 0.1) is 25.7 Å². The van der Waals surface area contributed by atoms with Crippen LogP contribution in [0.3, 0.4) is 0 Å². The predicted molar refractivity (Wildman–Crippen MR) is 81.2 cm³/mol. The molecule has 0 aromatic carbocycles. The van der Waals surface area contributed by atoms with Gasteiger partial charge in [0.15, 0.2) is 0 Å². The lowest BCUT2D eigenvalue weighted by Crippen LogP contribution is -2.40. The molecule has 2 amide bonds. The Balaban J connectivity index is 1.64. The van der Waals surface area contributed by atoms with Crippen LogP contribution in [0.1, 0.15) is 24.7 Å². The van der Waals surface area contributed by atoms with Crippen molar-refractivity contribution in [3.63, 3.8) is 0 Å². The molecule has 0 bridgehead atoms. The summed E-state index contributed by atoms with van der Waals surface area (Å²) in [6.07, 6.45) is 1.04. The summed E-state index contributed by atoms with van der Waals surface area (Å²) >= 11 is 0. The molecule has 0 unspecified atom stereocenters. The summed E-state index contributed by atoms with van der Waals surface area (Å²) < 4.78 is 7.28. The van der Waals surface area contributed by atoms with Gasteiger partial charge < -0.3 is 15.4 Å². The molecule has 1 aliphatic heterocycles. The quantitative estimate of drug-likeness (QED) is 0.835. The van der Waals surface area contributed by atoms with Crippen LogP contribution in [0.4, 0.5) is 4.79 Å². The summed E-state index contributed by atoms with van der Waals surface area (Å²) in [6.45, 7) is 9.88. The van der Waals surface area contributed by atoms with Gasteiger partial charge in [0.1, 0.15) is 0 Å². The van der Waals surface area contributed by atoms with Crippen LogP contribution >= 0.6 is 0 Å². The molecule has 0 aliphatic carbocycles. The van der Waals surface area contributed by atoms with Crippen LogP contribution in [-0.4, -0.2) is 42.1 Å². The molecular weight excluding hydrogens is 268 g/mol. The Hall–Kier alpha value is -1.56. The van der Waals surface area contributed by atoms with Gasteiger partial charge >= 0.3 is 6.03 Å². The minimum Gasteiger partial charge on any atom is -0.381 e. The number of carbonyl (C=O) groups is 1. The molecule has 2 heterocycles. The summed E-state index contributed by atoms with van der Waals surface area (Å²) in [5.74, 6) is 0.798. The Morgan fingerprint density at radius 1 is 1.52 bits per heavy atom. The summed E-state index contributed by atoms with van der Waals surface area (Å²) in [6, 6.07) is 1.97. The molecule has 6 heteroatoms. The first-order valence-corrected chi connectivity index (χ1v) is 7.65. The highest BCUT2D eigenvalue weighted by Gasteiger charge is 2.16. The maximum Gasteiger partial charge on any atom is 0.314 e. The van der Waals surface area contributed by atoms with Crippen molar-refractivity contribution < 1.29 is 9.53 Å². The van der Waals surface area contributed by atoms with Gasteiger partial charge in [0.25, 0.3) is 0 Å². The van der Waals surface area contributed by atoms with Crippen molar-refractivity contribution in [2.24, 2.45) is 11.8 Å². The number of hydrogen-bond acceptors (Lipinski definition) is 3. The van der Waals surface area contributed by atoms with Gasteiger partial charge in [-0.15, -0.1) is 0 Å². The highest BCUT2D eigenvalue weighted by Crippen LogP contribution is 2.10. The molecule has 2 atom stereocenters. The summed E-state index contributed by atoms with van der Waals surface area (Å²) in [7, 11) is 0. The lowest BCUT2D eigenvalue weighted by atomic mass is 10.1. The Labute approximate surface area is 126 Å².